The number of anilines is 1. The molecule has 12 heteroatoms. The number of fused-ring (bicyclic) bond motifs is 1. The number of nitrogens with zero attached hydrogens (tertiary/aromatic N) is 3. The number of halogens is 2. The van der Waals surface area contributed by atoms with Crippen LogP contribution in [0.4, 0.5) is 14.5 Å². The summed E-state index contributed by atoms with van der Waals surface area (Å²) in [5, 5.41) is 6.96. The standard InChI is InChI=1S/C37H32F2N4O6/c1-3-48-32-15-17-42(28-10-7-26(38)8-11-28)37(45)34(32)36(44)41-27-9-12-31(30(39)22-27)49-33-13-16-40-43-18-14-29(35(33)43)25-6-4-5-24(21-25)23-47-20-19-46-2/h4-18,21-22H,3,19-20,23H2,1-2H3,(H,41,44). The molecule has 3 aromatic heterocycles. The fraction of sp³-hybridized carbons (Fsp3) is 0.162. The van der Waals surface area contributed by atoms with Crippen LogP contribution in [0.2, 0.25) is 0 Å². The average molecular weight is 667 g/mol. The third-order valence-electron chi connectivity index (χ3n) is 7.55. The zero-order chi connectivity index (χ0) is 34.3. The number of pyridine rings is 1. The molecule has 250 valence electrons. The van der Waals surface area contributed by atoms with E-state index in [4.69, 9.17) is 18.9 Å². The van der Waals surface area contributed by atoms with Gasteiger partial charge in [0.05, 0.1) is 32.6 Å². The fourth-order valence-corrected chi connectivity index (χ4v) is 5.27. The van der Waals surface area contributed by atoms with Crippen molar-refractivity contribution < 1.29 is 32.5 Å². The smallest absolute Gasteiger partial charge is 0.271 e. The van der Waals surface area contributed by atoms with Crippen LogP contribution in [-0.4, -0.2) is 47.0 Å². The van der Waals surface area contributed by atoms with E-state index in [9.17, 15) is 14.0 Å². The van der Waals surface area contributed by atoms with E-state index in [2.05, 4.69) is 10.4 Å². The molecule has 1 N–H and O–H groups in total. The molecule has 6 rings (SSSR count). The maximum Gasteiger partial charge on any atom is 0.271 e. The van der Waals surface area contributed by atoms with Gasteiger partial charge >= 0.3 is 0 Å². The Hall–Kier alpha value is -5.85. The van der Waals surface area contributed by atoms with E-state index in [1.165, 1.54) is 53.2 Å². The molecule has 49 heavy (non-hydrogen) atoms. The van der Waals surface area contributed by atoms with Crippen LogP contribution in [0.3, 0.4) is 0 Å². The highest BCUT2D eigenvalue weighted by atomic mass is 19.1. The lowest BCUT2D eigenvalue weighted by atomic mass is 10.0. The van der Waals surface area contributed by atoms with E-state index >= 15 is 4.39 Å². The van der Waals surface area contributed by atoms with Gasteiger partial charge in [-0.25, -0.2) is 13.3 Å². The number of carbonyl (C=O) groups is 1. The number of aromatic nitrogens is 3. The Morgan fingerprint density at radius 2 is 1.73 bits per heavy atom. The predicted molar refractivity (Wildman–Crippen MR) is 180 cm³/mol. The predicted octanol–water partition coefficient (Wildman–Crippen LogP) is 7.04. The van der Waals surface area contributed by atoms with Crippen LogP contribution in [0.1, 0.15) is 22.8 Å². The quantitative estimate of drug-likeness (QED) is 0.132. The largest absolute Gasteiger partial charge is 0.493 e. The lowest BCUT2D eigenvalue weighted by Gasteiger charge is -2.14. The molecule has 1 amide bonds. The second-order valence-corrected chi connectivity index (χ2v) is 10.8. The zero-order valence-corrected chi connectivity index (χ0v) is 26.7. The molecule has 0 spiro atoms. The summed E-state index contributed by atoms with van der Waals surface area (Å²) in [6.07, 6.45) is 4.77. The first kappa shape index (κ1) is 33.1. The van der Waals surface area contributed by atoms with Gasteiger partial charge in [0.2, 0.25) is 0 Å². The third kappa shape index (κ3) is 7.35. The average Bonchev–Trinajstić information content (AvgIpc) is 3.54. The highest BCUT2D eigenvalue weighted by Gasteiger charge is 2.21. The summed E-state index contributed by atoms with van der Waals surface area (Å²) in [5.41, 5.74) is 2.78. The molecule has 0 unspecified atom stereocenters. The number of hydrogen-bond acceptors (Lipinski definition) is 7. The molecule has 0 saturated carbocycles. The second-order valence-electron chi connectivity index (χ2n) is 10.8. The molecule has 0 saturated heterocycles. The summed E-state index contributed by atoms with van der Waals surface area (Å²) < 4.78 is 54.2. The molecule has 0 aliphatic carbocycles. The minimum atomic E-state index is -0.807. The Labute approximate surface area is 280 Å². The molecule has 0 aliphatic heterocycles. The highest BCUT2D eigenvalue weighted by molar-refractivity contribution is 6.06. The van der Waals surface area contributed by atoms with Gasteiger partial charge in [-0.3, -0.25) is 14.2 Å². The van der Waals surface area contributed by atoms with Gasteiger partial charge in [-0.05, 0) is 72.6 Å². The topological polar surface area (TPSA) is 105 Å². The minimum Gasteiger partial charge on any atom is -0.493 e. The molecule has 0 fully saturated rings. The van der Waals surface area contributed by atoms with Crippen molar-refractivity contribution in [3.8, 4) is 34.1 Å². The molecule has 0 radical (unpaired) electrons. The number of amides is 1. The van der Waals surface area contributed by atoms with E-state index in [-0.39, 0.29) is 29.4 Å². The fourth-order valence-electron chi connectivity index (χ4n) is 5.27. The van der Waals surface area contributed by atoms with Crippen molar-refractivity contribution >= 4 is 17.1 Å². The Bertz CT molecular complexity index is 2160. The van der Waals surface area contributed by atoms with Gasteiger partial charge in [0.15, 0.2) is 17.3 Å². The number of nitrogens with one attached hydrogen (secondary N) is 1. The first-order chi connectivity index (χ1) is 23.9. The molecule has 6 aromatic rings. The van der Waals surface area contributed by atoms with Crippen LogP contribution >= 0.6 is 0 Å². The third-order valence-corrected chi connectivity index (χ3v) is 7.55. The van der Waals surface area contributed by atoms with Gasteiger partial charge in [0, 0.05) is 48.6 Å². The molecule has 3 heterocycles. The van der Waals surface area contributed by atoms with E-state index < -0.39 is 23.1 Å². The summed E-state index contributed by atoms with van der Waals surface area (Å²) >= 11 is 0. The van der Waals surface area contributed by atoms with Crippen LogP contribution in [0.5, 0.6) is 17.2 Å². The molecular formula is C37H32F2N4O6. The minimum absolute atomic E-state index is 0.0534. The SMILES string of the molecule is CCOc1ccn(-c2ccc(F)cc2)c(=O)c1C(=O)Nc1ccc(Oc2ccnn3ccc(-c4cccc(COCCOC)c4)c23)c(F)c1. The van der Waals surface area contributed by atoms with Gasteiger partial charge in [0.25, 0.3) is 11.5 Å². The van der Waals surface area contributed by atoms with E-state index in [0.717, 1.165) is 22.8 Å². The van der Waals surface area contributed by atoms with Crippen molar-refractivity contribution in [1.29, 1.82) is 0 Å². The van der Waals surface area contributed by atoms with Gasteiger partial charge in [-0.2, -0.15) is 5.10 Å². The van der Waals surface area contributed by atoms with Gasteiger partial charge in [0.1, 0.15) is 22.6 Å². The summed E-state index contributed by atoms with van der Waals surface area (Å²) in [6, 6.07) is 22.1. The molecule has 0 atom stereocenters. The van der Waals surface area contributed by atoms with Crippen LogP contribution in [-0.2, 0) is 16.1 Å². The molecule has 0 aliphatic rings. The number of ether oxygens (including phenoxy) is 4. The first-order valence-electron chi connectivity index (χ1n) is 15.4. The van der Waals surface area contributed by atoms with Crippen LogP contribution in [0.15, 0.2) is 108 Å². The Balaban J connectivity index is 1.24. The van der Waals surface area contributed by atoms with Crippen molar-refractivity contribution in [3.63, 3.8) is 0 Å². The number of carbonyl (C=O) groups excluding carboxylic acids is 1. The summed E-state index contributed by atoms with van der Waals surface area (Å²) in [5.74, 6) is -1.71. The van der Waals surface area contributed by atoms with Crippen molar-refractivity contribution in [2.24, 2.45) is 0 Å². The van der Waals surface area contributed by atoms with E-state index in [1.807, 2.05) is 30.3 Å². The molecular weight excluding hydrogens is 634 g/mol. The normalized spacial score (nSPS) is 11.1. The van der Waals surface area contributed by atoms with Crippen molar-refractivity contribution in [3.05, 3.63) is 137 Å². The lowest BCUT2D eigenvalue weighted by Crippen LogP contribution is -2.29. The number of methoxy groups -OCH3 is 1. The van der Waals surface area contributed by atoms with Crippen molar-refractivity contribution in [2.45, 2.75) is 13.5 Å². The first-order valence-corrected chi connectivity index (χ1v) is 15.4. The van der Waals surface area contributed by atoms with Gasteiger partial charge in [-0.1, -0.05) is 18.2 Å². The van der Waals surface area contributed by atoms with Crippen molar-refractivity contribution in [1.82, 2.24) is 14.2 Å². The molecule has 0 bridgehead atoms. The molecule has 3 aromatic carbocycles. The van der Waals surface area contributed by atoms with Crippen molar-refractivity contribution in [2.75, 3.05) is 32.2 Å². The summed E-state index contributed by atoms with van der Waals surface area (Å²) in [6.45, 7) is 3.31. The molecule has 10 nitrogen and oxygen atoms in total. The Morgan fingerprint density at radius 1 is 0.898 bits per heavy atom. The van der Waals surface area contributed by atoms with Crippen LogP contribution in [0.25, 0.3) is 22.3 Å². The summed E-state index contributed by atoms with van der Waals surface area (Å²) in [4.78, 5) is 26.8. The number of benzene rings is 3. The van der Waals surface area contributed by atoms with Gasteiger partial charge in [-0.15, -0.1) is 0 Å². The number of hydrogen-bond donors (Lipinski definition) is 1. The van der Waals surface area contributed by atoms with Crippen LogP contribution < -0.4 is 20.3 Å². The summed E-state index contributed by atoms with van der Waals surface area (Å²) in [7, 11) is 1.62. The Morgan fingerprint density at radius 3 is 2.51 bits per heavy atom. The maximum absolute atomic E-state index is 15.5. The van der Waals surface area contributed by atoms with Gasteiger partial charge < -0.3 is 24.3 Å². The maximum atomic E-state index is 15.5. The van der Waals surface area contributed by atoms with E-state index in [1.54, 1.807) is 37.0 Å². The highest BCUT2D eigenvalue weighted by Crippen LogP contribution is 2.36. The lowest BCUT2D eigenvalue weighted by molar-refractivity contribution is 0.0617. The monoisotopic (exact) mass is 666 g/mol. The number of rotatable bonds is 13. The zero-order valence-electron chi connectivity index (χ0n) is 26.7. The Kier molecular flexibility index (Phi) is 10.1. The van der Waals surface area contributed by atoms with E-state index in [0.29, 0.717) is 36.8 Å². The van der Waals surface area contributed by atoms with Crippen LogP contribution in [0, 0.1) is 11.6 Å². The second kappa shape index (κ2) is 14.9.